The highest BCUT2D eigenvalue weighted by atomic mass is 32.2. The zero-order valence-corrected chi connectivity index (χ0v) is 13.0. The van der Waals surface area contributed by atoms with Crippen molar-refractivity contribution in [1.29, 1.82) is 0 Å². The first-order valence-corrected chi connectivity index (χ1v) is 8.49. The maximum absolute atomic E-state index is 11.1. The largest absolute Gasteiger partial charge is 0.370 e. The third-order valence-electron chi connectivity index (χ3n) is 3.10. The molecule has 0 bridgehead atoms. The molecule has 0 spiro atoms. The summed E-state index contributed by atoms with van der Waals surface area (Å²) in [5.74, 6) is 0. The normalized spacial score (nSPS) is 11.6. The van der Waals surface area contributed by atoms with Gasteiger partial charge in [0.2, 0.25) is 10.0 Å². The fourth-order valence-corrected chi connectivity index (χ4v) is 2.39. The van der Waals surface area contributed by atoms with E-state index in [0.717, 1.165) is 18.7 Å². The van der Waals surface area contributed by atoms with Gasteiger partial charge in [0.1, 0.15) is 0 Å². The highest BCUT2D eigenvalue weighted by molar-refractivity contribution is 7.88. The van der Waals surface area contributed by atoms with Gasteiger partial charge in [0.05, 0.1) is 6.26 Å². The van der Waals surface area contributed by atoms with Crippen molar-refractivity contribution in [3.63, 3.8) is 0 Å². The zero-order valence-electron chi connectivity index (χ0n) is 12.2. The minimum atomic E-state index is -3.11. The summed E-state index contributed by atoms with van der Waals surface area (Å²) in [7, 11) is -3.11. The molecule has 19 heavy (non-hydrogen) atoms. The Morgan fingerprint density at radius 1 is 1.16 bits per heavy atom. The highest BCUT2D eigenvalue weighted by Crippen LogP contribution is 2.18. The molecule has 1 rings (SSSR count). The molecule has 0 aliphatic rings. The molecule has 0 saturated heterocycles. The minimum Gasteiger partial charge on any atom is -0.370 e. The van der Waals surface area contributed by atoms with Crippen LogP contribution >= 0.6 is 0 Å². The molecule has 108 valence electrons. The molecule has 1 N–H and O–H groups in total. The van der Waals surface area contributed by atoms with E-state index in [1.165, 1.54) is 17.4 Å². The van der Waals surface area contributed by atoms with E-state index in [0.29, 0.717) is 13.1 Å². The Hall–Kier alpha value is -1.07. The molecule has 5 heteroatoms. The van der Waals surface area contributed by atoms with Crippen molar-refractivity contribution < 1.29 is 8.42 Å². The van der Waals surface area contributed by atoms with Crippen LogP contribution in [0.1, 0.15) is 24.5 Å². The summed E-state index contributed by atoms with van der Waals surface area (Å²) in [6, 6.07) is 6.36. The fraction of sp³-hybridized carbons (Fsp3) is 0.571. The number of hydrogen-bond acceptors (Lipinski definition) is 3. The van der Waals surface area contributed by atoms with Crippen molar-refractivity contribution in [2.45, 2.75) is 27.2 Å². The van der Waals surface area contributed by atoms with E-state index in [4.69, 9.17) is 0 Å². The third kappa shape index (κ3) is 5.61. The Morgan fingerprint density at radius 2 is 1.84 bits per heavy atom. The molecule has 0 aliphatic carbocycles. The van der Waals surface area contributed by atoms with E-state index in [1.54, 1.807) is 0 Å². The van der Waals surface area contributed by atoms with Crippen LogP contribution in [0, 0.1) is 13.8 Å². The Balaban J connectivity index is 2.73. The summed E-state index contributed by atoms with van der Waals surface area (Å²) >= 11 is 0. The zero-order chi connectivity index (χ0) is 14.5. The summed E-state index contributed by atoms with van der Waals surface area (Å²) in [4.78, 5) is 2.21. The molecule has 1 aromatic rings. The predicted molar refractivity (Wildman–Crippen MR) is 81.3 cm³/mol. The Kier molecular flexibility index (Phi) is 5.82. The minimum absolute atomic E-state index is 0.436. The van der Waals surface area contributed by atoms with Gasteiger partial charge < -0.3 is 4.90 Å². The van der Waals surface area contributed by atoms with E-state index in [1.807, 2.05) is 0 Å². The van der Waals surface area contributed by atoms with E-state index >= 15 is 0 Å². The smallest absolute Gasteiger partial charge is 0.208 e. The summed E-state index contributed by atoms with van der Waals surface area (Å²) < 4.78 is 24.7. The second-order valence-electron chi connectivity index (χ2n) is 4.92. The Morgan fingerprint density at radius 3 is 2.37 bits per heavy atom. The van der Waals surface area contributed by atoms with Crippen molar-refractivity contribution in [3.8, 4) is 0 Å². The van der Waals surface area contributed by atoms with Gasteiger partial charge >= 0.3 is 0 Å². The number of benzene rings is 1. The molecular weight excluding hydrogens is 260 g/mol. The van der Waals surface area contributed by atoms with Gasteiger partial charge in [0.25, 0.3) is 0 Å². The van der Waals surface area contributed by atoms with Crippen LogP contribution in [0.4, 0.5) is 5.69 Å². The molecule has 0 aromatic heterocycles. The first-order chi connectivity index (χ1) is 8.83. The van der Waals surface area contributed by atoms with Crippen LogP contribution in [0.25, 0.3) is 0 Å². The Bertz CT molecular complexity index is 512. The van der Waals surface area contributed by atoms with Crippen LogP contribution in [-0.2, 0) is 10.0 Å². The van der Waals surface area contributed by atoms with Crippen LogP contribution in [0.15, 0.2) is 18.2 Å². The van der Waals surface area contributed by atoms with Crippen LogP contribution in [0.3, 0.4) is 0 Å². The fourth-order valence-electron chi connectivity index (χ4n) is 1.93. The van der Waals surface area contributed by atoms with Gasteiger partial charge in [0, 0.05) is 25.3 Å². The van der Waals surface area contributed by atoms with Gasteiger partial charge in [-0.15, -0.1) is 0 Å². The predicted octanol–water partition coefficient (Wildman–Crippen LogP) is 2.07. The van der Waals surface area contributed by atoms with Gasteiger partial charge in [-0.05, 0) is 43.5 Å². The van der Waals surface area contributed by atoms with Gasteiger partial charge in [-0.2, -0.15) is 0 Å². The maximum atomic E-state index is 11.1. The van der Waals surface area contributed by atoms with Crippen molar-refractivity contribution >= 4 is 15.7 Å². The number of anilines is 1. The molecule has 0 amide bonds. The lowest BCUT2D eigenvalue weighted by Gasteiger charge is -2.25. The molecule has 0 saturated carbocycles. The van der Waals surface area contributed by atoms with Crippen LogP contribution in [-0.4, -0.2) is 34.3 Å². The lowest BCUT2D eigenvalue weighted by atomic mass is 10.1. The Labute approximate surface area is 116 Å². The van der Waals surface area contributed by atoms with Crippen molar-refractivity contribution in [3.05, 3.63) is 29.3 Å². The number of rotatable bonds is 7. The van der Waals surface area contributed by atoms with Crippen LogP contribution < -0.4 is 9.62 Å². The van der Waals surface area contributed by atoms with Gasteiger partial charge in [-0.3, -0.25) is 0 Å². The first kappa shape index (κ1) is 16.0. The number of sulfonamides is 1. The number of nitrogens with zero attached hydrogens (tertiary/aromatic N) is 1. The monoisotopic (exact) mass is 284 g/mol. The lowest BCUT2D eigenvalue weighted by Crippen LogP contribution is -2.35. The maximum Gasteiger partial charge on any atom is 0.208 e. The molecule has 0 atom stereocenters. The van der Waals surface area contributed by atoms with Crippen molar-refractivity contribution in [2.75, 3.05) is 30.8 Å². The highest BCUT2D eigenvalue weighted by Gasteiger charge is 2.08. The standard InChI is InChI=1S/C14H24N2O2S/c1-5-9-16(10-8-15-19(4,17)18)14-7-6-12(2)13(3)11-14/h6-7,11,15H,5,8-10H2,1-4H3. The quantitative estimate of drug-likeness (QED) is 0.834. The van der Waals surface area contributed by atoms with Gasteiger partial charge in [-0.25, -0.2) is 13.1 Å². The van der Waals surface area contributed by atoms with Crippen molar-refractivity contribution in [1.82, 2.24) is 4.72 Å². The SMILES string of the molecule is CCCN(CCNS(C)(=O)=O)c1ccc(C)c(C)c1. The molecule has 0 unspecified atom stereocenters. The van der Waals surface area contributed by atoms with E-state index in [2.05, 4.69) is 48.6 Å². The second kappa shape index (κ2) is 6.91. The average Bonchev–Trinajstić information content (AvgIpc) is 2.30. The van der Waals surface area contributed by atoms with Crippen molar-refractivity contribution in [2.24, 2.45) is 0 Å². The molecule has 0 aliphatic heterocycles. The molecule has 0 heterocycles. The van der Waals surface area contributed by atoms with Crippen LogP contribution in [0.2, 0.25) is 0 Å². The lowest BCUT2D eigenvalue weighted by molar-refractivity contribution is 0.586. The number of nitrogens with one attached hydrogen (secondary N) is 1. The second-order valence-corrected chi connectivity index (χ2v) is 6.76. The molecular formula is C14H24N2O2S. The van der Waals surface area contributed by atoms with Crippen LogP contribution in [0.5, 0.6) is 0 Å². The number of hydrogen-bond donors (Lipinski definition) is 1. The molecule has 0 fully saturated rings. The molecule has 4 nitrogen and oxygen atoms in total. The summed E-state index contributed by atoms with van der Waals surface area (Å²) in [6.45, 7) is 8.35. The summed E-state index contributed by atoms with van der Waals surface area (Å²) in [6.07, 6.45) is 2.22. The average molecular weight is 284 g/mol. The summed E-state index contributed by atoms with van der Waals surface area (Å²) in [5, 5.41) is 0. The topological polar surface area (TPSA) is 49.4 Å². The number of aryl methyl sites for hydroxylation is 2. The third-order valence-corrected chi connectivity index (χ3v) is 3.82. The molecule has 0 radical (unpaired) electrons. The van der Waals surface area contributed by atoms with E-state index < -0.39 is 10.0 Å². The first-order valence-electron chi connectivity index (χ1n) is 6.60. The summed E-state index contributed by atoms with van der Waals surface area (Å²) in [5.41, 5.74) is 3.68. The van der Waals surface area contributed by atoms with E-state index in [-0.39, 0.29) is 0 Å². The van der Waals surface area contributed by atoms with E-state index in [9.17, 15) is 8.42 Å². The van der Waals surface area contributed by atoms with Gasteiger partial charge in [0.15, 0.2) is 0 Å². The van der Waals surface area contributed by atoms with Gasteiger partial charge in [-0.1, -0.05) is 13.0 Å². The molecule has 1 aromatic carbocycles.